The van der Waals surface area contributed by atoms with Gasteiger partial charge in [-0.25, -0.2) is 9.18 Å². The van der Waals surface area contributed by atoms with Crippen molar-refractivity contribution in [3.8, 4) is 11.5 Å². The van der Waals surface area contributed by atoms with Crippen molar-refractivity contribution in [2.75, 3.05) is 19.8 Å². The number of halogens is 1. The summed E-state index contributed by atoms with van der Waals surface area (Å²) in [4.78, 5) is 12.1. The maximum atomic E-state index is 13.5. The molecule has 1 fully saturated rings. The van der Waals surface area contributed by atoms with Crippen molar-refractivity contribution in [2.24, 2.45) is 5.41 Å². The minimum absolute atomic E-state index is 0.104. The highest BCUT2D eigenvalue weighted by Crippen LogP contribution is 2.32. The van der Waals surface area contributed by atoms with Crippen molar-refractivity contribution in [3.63, 3.8) is 0 Å². The van der Waals surface area contributed by atoms with E-state index in [0.29, 0.717) is 23.5 Å². The average Bonchev–Trinajstić information content (AvgIpc) is 2.58. The Morgan fingerprint density at radius 1 is 1.16 bits per heavy atom. The first-order valence-electron chi connectivity index (χ1n) is 8.30. The van der Waals surface area contributed by atoms with Gasteiger partial charge in [-0.15, -0.1) is 0 Å². The molecular weight excluding hydrogens is 323 g/mol. The third-order valence-electron chi connectivity index (χ3n) is 4.56. The summed E-state index contributed by atoms with van der Waals surface area (Å²) in [5, 5.41) is 0. The third-order valence-corrected chi connectivity index (χ3v) is 4.56. The van der Waals surface area contributed by atoms with Crippen LogP contribution in [-0.2, 0) is 4.74 Å². The largest absolute Gasteiger partial charge is 0.493 e. The highest BCUT2D eigenvalue weighted by atomic mass is 19.1. The van der Waals surface area contributed by atoms with Crippen LogP contribution in [0.25, 0.3) is 0 Å². The van der Waals surface area contributed by atoms with Gasteiger partial charge >= 0.3 is 5.97 Å². The number of rotatable bonds is 6. The molecule has 0 radical (unpaired) electrons. The second-order valence-corrected chi connectivity index (χ2v) is 6.46. The molecule has 5 heteroatoms. The van der Waals surface area contributed by atoms with Gasteiger partial charge in [-0.2, -0.15) is 0 Å². The molecule has 0 unspecified atom stereocenters. The highest BCUT2D eigenvalue weighted by molar-refractivity contribution is 5.91. The van der Waals surface area contributed by atoms with E-state index in [1.54, 1.807) is 43.3 Å². The van der Waals surface area contributed by atoms with Crippen LogP contribution in [-0.4, -0.2) is 25.8 Å². The smallest absolute Gasteiger partial charge is 0.343 e. The highest BCUT2D eigenvalue weighted by Gasteiger charge is 2.37. The van der Waals surface area contributed by atoms with Crippen molar-refractivity contribution in [1.29, 1.82) is 0 Å². The zero-order valence-corrected chi connectivity index (χ0v) is 14.4. The van der Waals surface area contributed by atoms with E-state index in [2.05, 4.69) is 6.92 Å². The molecule has 0 spiro atoms. The Hall–Kier alpha value is -2.40. The van der Waals surface area contributed by atoms with Crippen LogP contribution < -0.4 is 9.47 Å². The Bertz CT molecular complexity index is 745. The van der Waals surface area contributed by atoms with E-state index in [9.17, 15) is 9.18 Å². The fourth-order valence-corrected chi connectivity index (χ4v) is 2.51. The van der Waals surface area contributed by atoms with E-state index in [4.69, 9.17) is 14.2 Å². The summed E-state index contributed by atoms with van der Waals surface area (Å²) < 4.78 is 29.8. The summed E-state index contributed by atoms with van der Waals surface area (Å²) in [6.07, 6.45) is 1.00. The van der Waals surface area contributed by atoms with Crippen LogP contribution in [0.3, 0.4) is 0 Å². The van der Waals surface area contributed by atoms with Gasteiger partial charge < -0.3 is 14.2 Å². The number of carbonyl (C=O) groups excluding carboxylic acids is 1. The van der Waals surface area contributed by atoms with Crippen LogP contribution in [0, 0.1) is 18.2 Å². The van der Waals surface area contributed by atoms with Crippen molar-refractivity contribution >= 4 is 5.97 Å². The Morgan fingerprint density at radius 3 is 2.40 bits per heavy atom. The van der Waals surface area contributed by atoms with Gasteiger partial charge in [0.05, 0.1) is 30.8 Å². The molecule has 0 aliphatic carbocycles. The normalized spacial score (nSPS) is 15.3. The molecule has 1 aliphatic rings. The lowest BCUT2D eigenvalue weighted by molar-refractivity contribution is -0.133. The number of carbonyl (C=O) groups is 1. The van der Waals surface area contributed by atoms with Gasteiger partial charge in [0.1, 0.15) is 17.3 Å². The predicted molar refractivity (Wildman–Crippen MR) is 91.6 cm³/mol. The van der Waals surface area contributed by atoms with Crippen molar-refractivity contribution in [2.45, 2.75) is 20.3 Å². The zero-order chi connectivity index (χ0) is 17.9. The lowest BCUT2D eigenvalue weighted by Crippen LogP contribution is -2.46. The maximum Gasteiger partial charge on any atom is 0.343 e. The minimum atomic E-state index is -0.535. The fourth-order valence-electron chi connectivity index (χ4n) is 2.51. The fraction of sp³-hybridized carbons (Fsp3) is 0.350. The molecule has 25 heavy (non-hydrogen) atoms. The molecule has 0 amide bonds. The lowest BCUT2D eigenvalue weighted by atomic mass is 9.84. The third kappa shape index (κ3) is 3.99. The van der Waals surface area contributed by atoms with Gasteiger partial charge in [-0.3, -0.25) is 0 Å². The number of ether oxygens (including phenoxy) is 3. The zero-order valence-electron chi connectivity index (χ0n) is 14.4. The quantitative estimate of drug-likeness (QED) is 0.583. The second kappa shape index (κ2) is 7.23. The monoisotopic (exact) mass is 344 g/mol. The first-order chi connectivity index (χ1) is 12.0. The van der Waals surface area contributed by atoms with Crippen LogP contribution in [0.5, 0.6) is 11.5 Å². The topological polar surface area (TPSA) is 44.8 Å². The van der Waals surface area contributed by atoms with E-state index in [-0.39, 0.29) is 11.2 Å². The summed E-state index contributed by atoms with van der Waals surface area (Å²) >= 11 is 0. The van der Waals surface area contributed by atoms with Crippen LogP contribution in [0.1, 0.15) is 29.3 Å². The van der Waals surface area contributed by atoms with Crippen molar-refractivity contribution in [3.05, 3.63) is 59.4 Å². The average molecular weight is 344 g/mol. The Labute approximate surface area is 146 Å². The Kier molecular flexibility index (Phi) is 5.04. The van der Waals surface area contributed by atoms with Gasteiger partial charge in [0.15, 0.2) is 0 Å². The van der Waals surface area contributed by atoms with Gasteiger partial charge in [-0.05, 0) is 49.2 Å². The summed E-state index contributed by atoms with van der Waals surface area (Å²) in [6, 6.07) is 11.1. The molecule has 1 saturated heterocycles. The van der Waals surface area contributed by atoms with E-state index in [1.807, 2.05) is 0 Å². The first-order valence-corrected chi connectivity index (χ1v) is 8.30. The minimum Gasteiger partial charge on any atom is -0.493 e. The lowest BCUT2D eigenvalue weighted by Gasteiger charge is -2.40. The van der Waals surface area contributed by atoms with Crippen LogP contribution in [0.15, 0.2) is 42.5 Å². The molecule has 2 aromatic carbocycles. The molecule has 1 heterocycles. The molecular formula is C20H21FO4. The molecule has 1 aliphatic heterocycles. The first kappa shape index (κ1) is 17.4. The molecule has 2 aromatic rings. The summed E-state index contributed by atoms with van der Waals surface area (Å²) in [7, 11) is 0. The molecule has 0 atom stereocenters. The molecule has 3 rings (SSSR count). The van der Waals surface area contributed by atoms with Gasteiger partial charge in [-0.1, -0.05) is 13.0 Å². The molecule has 0 saturated carbocycles. The summed E-state index contributed by atoms with van der Waals surface area (Å²) in [5.41, 5.74) is 0.987. The van der Waals surface area contributed by atoms with Crippen LogP contribution >= 0.6 is 0 Å². The summed E-state index contributed by atoms with van der Waals surface area (Å²) in [6.45, 7) is 5.81. The van der Waals surface area contributed by atoms with E-state index in [0.717, 1.165) is 19.6 Å². The van der Waals surface area contributed by atoms with Gasteiger partial charge in [0.25, 0.3) is 0 Å². The summed E-state index contributed by atoms with van der Waals surface area (Å²) in [5.74, 6) is -0.0629. The molecule has 0 N–H and O–H groups in total. The second-order valence-electron chi connectivity index (χ2n) is 6.46. The van der Waals surface area contributed by atoms with E-state index < -0.39 is 11.8 Å². The Morgan fingerprint density at radius 2 is 1.84 bits per heavy atom. The maximum absolute atomic E-state index is 13.5. The van der Waals surface area contributed by atoms with Crippen LogP contribution in [0.2, 0.25) is 0 Å². The number of hydrogen-bond acceptors (Lipinski definition) is 4. The van der Waals surface area contributed by atoms with E-state index in [1.165, 1.54) is 6.07 Å². The molecule has 132 valence electrons. The van der Waals surface area contributed by atoms with Crippen molar-refractivity contribution in [1.82, 2.24) is 0 Å². The number of aryl methyl sites for hydroxylation is 1. The molecule has 0 bridgehead atoms. The Balaban J connectivity index is 1.59. The SMILES string of the molecule is CCC1(COc2ccc(C(=O)Oc3ccc(C)c(F)c3)cc2)COC1. The molecule has 4 nitrogen and oxygen atoms in total. The number of benzene rings is 2. The van der Waals surface area contributed by atoms with Gasteiger partial charge in [0, 0.05) is 6.07 Å². The van der Waals surface area contributed by atoms with Gasteiger partial charge in [0.2, 0.25) is 0 Å². The number of hydrogen-bond donors (Lipinski definition) is 0. The number of esters is 1. The standard InChI is InChI=1S/C20H21FO4/c1-3-20(11-23-12-20)13-24-16-8-5-15(6-9-16)19(22)25-17-7-4-14(2)18(21)10-17/h4-10H,3,11-13H2,1-2H3. The molecule has 0 aromatic heterocycles. The van der Waals surface area contributed by atoms with Crippen molar-refractivity contribution < 1.29 is 23.4 Å². The van der Waals surface area contributed by atoms with Crippen LogP contribution in [0.4, 0.5) is 4.39 Å². The van der Waals surface area contributed by atoms with E-state index >= 15 is 0 Å². The predicted octanol–water partition coefficient (Wildman–Crippen LogP) is 4.16.